The van der Waals surface area contributed by atoms with Crippen molar-refractivity contribution in [2.45, 2.75) is 32.5 Å². The Bertz CT molecular complexity index is 2300. The molecule has 0 aliphatic rings. The van der Waals surface area contributed by atoms with Crippen molar-refractivity contribution in [3.05, 3.63) is 144 Å². The number of fused-ring (bicyclic) bond motifs is 3. The van der Waals surface area contributed by atoms with Crippen molar-refractivity contribution < 1.29 is 46.4 Å². The van der Waals surface area contributed by atoms with Crippen LogP contribution in [-0.2, 0) is 28.6 Å². The fourth-order valence-electron chi connectivity index (χ4n) is 5.19. The van der Waals surface area contributed by atoms with Gasteiger partial charge in [-0.25, -0.2) is 14.4 Å². The van der Waals surface area contributed by atoms with Crippen LogP contribution in [0.3, 0.4) is 0 Å². The predicted molar refractivity (Wildman–Crippen MR) is 200 cm³/mol. The summed E-state index contributed by atoms with van der Waals surface area (Å²) in [5, 5.41) is 14.2. The van der Waals surface area contributed by atoms with E-state index in [2.05, 4.69) is 0 Å². The Balaban J connectivity index is 0.000000335. The van der Waals surface area contributed by atoms with E-state index in [1.54, 1.807) is 48.5 Å². The molecular weight excluding hydrogens is 685 g/mol. The Hall–Kier alpha value is -5.91. The van der Waals surface area contributed by atoms with E-state index in [1.807, 2.05) is 92.7 Å². The second kappa shape index (κ2) is 18.4. The molecule has 2 atom stereocenters. The lowest BCUT2D eigenvalue weighted by atomic mass is 10.1. The van der Waals surface area contributed by atoms with Crippen LogP contribution in [0.2, 0.25) is 0 Å². The van der Waals surface area contributed by atoms with Crippen molar-refractivity contribution in [2.75, 3.05) is 12.9 Å². The number of esters is 2. The van der Waals surface area contributed by atoms with Crippen LogP contribution in [-0.4, -0.2) is 62.8 Å². The monoisotopic (exact) mass is 722 g/mol. The average molecular weight is 723 g/mol. The van der Waals surface area contributed by atoms with Crippen LogP contribution in [0, 0.1) is 0 Å². The van der Waals surface area contributed by atoms with Crippen LogP contribution in [0.15, 0.2) is 127 Å². The minimum atomic E-state index is -4.06. The van der Waals surface area contributed by atoms with Gasteiger partial charge in [-0.05, 0) is 68.7 Å². The molecule has 0 aromatic heterocycles. The molecule has 0 heterocycles. The number of carbonyl (C=O) groups excluding carboxylic acids is 3. The smallest absolute Gasteiger partial charge is 0.338 e. The Morgan fingerprint density at radius 1 is 0.615 bits per heavy atom. The van der Waals surface area contributed by atoms with Gasteiger partial charge in [0.2, 0.25) is 0 Å². The number of rotatable bonds is 11. The molecule has 0 fully saturated rings. The first-order valence-corrected chi connectivity index (χ1v) is 18.2. The summed E-state index contributed by atoms with van der Waals surface area (Å²) >= 11 is 0. The highest BCUT2D eigenvalue weighted by atomic mass is 32.2. The first kappa shape index (κ1) is 38.9. The molecule has 6 aromatic rings. The first-order valence-electron chi connectivity index (χ1n) is 16.4. The third-order valence-corrected chi connectivity index (χ3v) is 8.24. The van der Waals surface area contributed by atoms with Crippen molar-refractivity contribution in [3.63, 3.8) is 0 Å². The Morgan fingerprint density at radius 3 is 1.44 bits per heavy atom. The fraction of sp³-hybridized carbons (Fsp3) is 0.171. The largest absolute Gasteiger partial charge is 0.478 e. The highest BCUT2D eigenvalue weighted by Gasteiger charge is 2.31. The molecule has 11 heteroatoms. The summed E-state index contributed by atoms with van der Waals surface area (Å²) in [6, 6.07) is 37.6. The van der Waals surface area contributed by atoms with E-state index < -0.39 is 46.8 Å². The summed E-state index contributed by atoms with van der Waals surface area (Å²) in [5.41, 5.74) is 0.788. The van der Waals surface area contributed by atoms with Gasteiger partial charge in [-0.1, -0.05) is 105 Å². The van der Waals surface area contributed by atoms with Gasteiger partial charge >= 0.3 is 17.9 Å². The van der Waals surface area contributed by atoms with Gasteiger partial charge < -0.3 is 19.4 Å². The van der Waals surface area contributed by atoms with E-state index in [9.17, 15) is 27.6 Å². The summed E-state index contributed by atoms with van der Waals surface area (Å²) in [4.78, 5) is 47.6. The second-order valence-corrected chi connectivity index (χ2v) is 12.9. The molecule has 268 valence electrons. The molecule has 6 aromatic carbocycles. The van der Waals surface area contributed by atoms with E-state index in [0.717, 1.165) is 38.6 Å². The number of hydrogen-bond acceptors (Lipinski definition) is 9. The topological polar surface area (TPSA) is 150 Å². The van der Waals surface area contributed by atoms with Gasteiger partial charge in [0.05, 0.1) is 22.9 Å². The molecule has 0 saturated carbocycles. The maximum Gasteiger partial charge on any atom is 0.338 e. The van der Waals surface area contributed by atoms with Crippen molar-refractivity contribution in [1.82, 2.24) is 0 Å². The molecule has 10 nitrogen and oxygen atoms in total. The third-order valence-electron chi connectivity index (χ3n) is 7.65. The molecule has 0 aliphatic carbocycles. The van der Waals surface area contributed by atoms with Crippen LogP contribution in [0.1, 0.15) is 51.3 Å². The molecule has 0 spiro atoms. The van der Waals surface area contributed by atoms with Crippen molar-refractivity contribution in [1.29, 1.82) is 0 Å². The highest BCUT2D eigenvalue weighted by molar-refractivity contribution is 7.86. The predicted octanol–water partition coefficient (Wildman–Crippen LogP) is 7.87. The van der Waals surface area contributed by atoms with Gasteiger partial charge in [-0.3, -0.25) is 4.18 Å². The number of benzene rings is 6. The number of aldehydes is 1. The van der Waals surface area contributed by atoms with E-state index >= 15 is 0 Å². The lowest BCUT2D eigenvalue weighted by Gasteiger charge is -2.24. The lowest BCUT2D eigenvalue weighted by molar-refractivity contribution is -0.111. The minimum Gasteiger partial charge on any atom is -0.478 e. The maximum absolute atomic E-state index is 12.9. The van der Waals surface area contributed by atoms with Gasteiger partial charge in [0.1, 0.15) is 25.1 Å². The van der Waals surface area contributed by atoms with E-state index in [0.29, 0.717) is 11.8 Å². The van der Waals surface area contributed by atoms with Gasteiger partial charge in [-0.2, -0.15) is 8.42 Å². The molecular formula is C41H38O10S. The number of carboxylic acids is 1. The molecule has 6 rings (SSSR count). The van der Waals surface area contributed by atoms with Crippen LogP contribution in [0.5, 0.6) is 0 Å². The SMILES string of the molecule is CC.CS(=O)(=O)O[C@@H](COC(=O)c1ccc2ccccc2c1)[C@@H](CC=O)OC(=O)c1ccc2ccccc2c1.O=C(O)c1ccc2ccccc2c1. The van der Waals surface area contributed by atoms with Gasteiger partial charge in [0.25, 0.3) is 10.1 Å². The second-order valence-electron chi connectivity index (χ2n) is 11.3. The van der Waals surface area contributed by atoms with Crippen LogP contribution < -0.4 is 0 Å². The summed E-state index contributed by atoms with van der Waals surface area (Å²) in [6.07, 6.45) is -1.84. The third kappa shape index (κ3) is 10.8. The zero-order valence-corrected chi connectivity index (χ0v) is 29.6. The average Bonchev–Trinajstić information content (AvgIpc) is 3.16. The normalized spacial score (nSPS) is 12.0. The van der Waals surface area contributed by atoms with Crippen molar-refractivity contribution in [2.24, 2.45) is 0 Å². The quantitative estimate of drug-likeness (QED) is 0.0795. The molecule has 0 bridgehead atoms. The van der Waals surface area contributed by atoms with Gasteiger partial charge in [0.15, 0.2) is 0 Å². The summed E-state index contributed by atoms with van der Waals surface area (Å²) in [6.45, 7) is 3.43. The summed E-state index contributed by atoms with van der Waals surface area (Å²) in [7, 11) is -4.06. The van der Waals surface area contributed by atoms with Gasteiger partial charge in [-0.15, -0.1) is 0 Å². The van der Waals surface area contributed by atoms with Crippen LogP contribution in [0.4, 0.5) is 0 Å². The van der Waals surface area contributed by atoms with Gasteiger partial charge in [0, 0.05) is 6.42 Å². The Morgan fingerprint density at radius 2 is 1.02 bits per heavy atom. The minimum absolute atomic E-state index is 0.209. The fourth-order valence-corrected chi connectivity index (χ4v) is 5.82. The number of ether oxygens (including phenoxy) is 2. The standard InChI is InChI=1S/C28H24O8S.C11H8O2.C2H6/c1-37(32,33)36-26(18-34-27(30)23-12-10-19-6-2-4-8-21(19)16-23)25(14-15-29)35-28(31)24-13-11-20-7-3-5-9-22(20)17-24;12-11(13)10-6-5-8-3-1-2-4-9(8)7-10;1-2/h2-13,15-17,25-26H,14,18H2,1H3;1-7H,(H,12,13);1-2H3/t25-,26+;;/m1../s1. The number of carbonyl (C=O) groups is 4. The summed E-state index contributed by atoms with van der Waals surface area (Å²) in [5.74, 6) is -2.38. The Labute approximate surface area is 301 Å². The maximum atomic E-state index is 12.9. The molecule has 0 radical (unpaired) electrons. The summed E-state index contributed by atoms with van der Waals surface area (Å²) < 4.78 is 39.7. The zero-order valence-electron chi connectivity index (χ0n) is 28.8. The van der Waals surface area contributed by atoms with Crippen molar-refractivity contribution in [3.8, 4) is 0 Å². The molecule has 0 amide bonds. The Kier molecular flexibility index (Phi) is 13.7. The molecule has 0 saturated heterocycles. The zero-order chi connectivity index (χ0) is 37.7. The molecule has 0 unspecified atom stereocenters. The number of aromatic carboxylic acids is 1. The van der Waals surface area contributed by atoms with Crippen LogP contribution in [0.25, 0.3) is 32.3 Å². The molecule has 1 N–H and O–H groups in total. The molecule has 52 heavy (non-hydrogen) atoms. The van der Waals surface area contributed by atoms with Crippen LogP contribution >= 0.6 is 0 Å². The van der Waals surface area contributed by atoms with E-state index in [4.69, 9.17) is 18.8 Å². The number of carboxylic acid groups (broad SMARTS) is 1. The van der Waals surface area contributed by atoms with E-state index in [1.165, 1.54) is 0 Å². The number of hydrogen-bond donors (Lipinski definition) is 1. The lowest BCUT2D eigenvalue weighted by Crippen LogP contribution is -2.39. The highest BCUT2D eigenvalue weighted by Crippen LogP contribution is 2.21. The molecule has 0 aliphatic heterocycles. The van der Waals surface area contributed by atoms with E-state index in [-0.39, 0.29) is 17.5 Å². The first-order chi connectivity index (χ1) is 25.0. The van der Waals surface area contributed by atoms with Crippen molar-refractivity contribution >= 4 is 66.6 Å².